The highest BCUT2D eigenvalue weighted by molar-refractivity contribution is 7.99. The average molecular weight is 329 g/mol. The van der Waals surface area contributed by atoms with Crippen molar-refractivity contribution >= 4 is 23.2 Å². The van der Waals surface area contributed by atoms with Gasteiger partial charge in [0.25, 0.3) is 5.56 Å². The molecule has 3 heterocycles. The number of carboxylic acids is 1. The second-order valence-electron chi connectivity index (χ2n) is 5.05. The summed E-state index contributed by atoms with van der Waals surface area (Å²) < 4.78 is 15.0. The van der Waals surface area contributed by atoms with Crippen LogP contribution in [0.1, 0.15) is 10.4 Å². The molecule has 3 aromatic rings. The maximum atomic E-state index is 14.1. The SMILES string of the molecule is O=C(O)c1cc2c3c(c(O)c(F)cn3c1=O)-c1ccccc1S2. The van der Waals surface area contributed by atoms with Crippen LogP contribution in [-0.2, 0) is 0 Å². The van der Waals surface area contributed by atoms with E-state index in [9.17, 15) is 24.2 Å². The molecule has 0 atom stereocenters. The fourth-order valence-corrected chi connectivity index (χ4v) is 3.89. The largest absolute Gasteiger partial charge is 0.504 e. The lowest BCUT2D eigenvalue weighted by Crippen LogP contribution is -2.23. The molecule has 5 nitrogen and oxygen atoms in total. The first kappa shape index (κ1) is 13.8. The number of hydrogen-bond acceptors (Lipinski definition) is 4. The lowest BCUT2D eigenvalue weighted by molar-refractivity contribution is 0.0694. The molecule has 0 saturated carbocycles. The molecule has 23 heavy (non-hydrogen) atoms. The number of hydrogen-bond donors (Lipinski definition) is 2. The van der Waals surface area contributed by atoms with E-state index in [1.807, 2.05) is 0 Å². The van der Waals surface area contributed by atoms with Gasteiger partial charge in [0.05, 0.1) is 17.3 Å². The molecule has 0 amide bonds. The Labute approximate surface area is 132 Å². The van der Waals surface area contributed by atoms with Gasteiger partial charge in [0.15, 0.2) is 11.6 Å². The van der Waals surface area contributed by atoms with Crippen molar-refractivity contribution in [2.45, 2.75) is 9.79 Å². The molecule has 114 valence electrons. The Morgan fingerprint density at radius 3 is 2.70 bits per heavy atom. The smallest absolute Gasteiger partial charge is 0.341 e. The van der Waals surface area contributed by atoms with Crippen molar-refractivity contribution in [3.8, 4) is 16.9 Å². The third-order valence-corrected chi connectivity index (χ3v) is 4.85. The number of aromatic carboxylic acids is 1. The Bertz CT molecular complexity index is 1070. The molecule has 7 heteroatoms. The van der Waals surface area contributed by atoms with Gasteiger partial charge in [0.2, 0.25) is 0 Å². The van der Waals surface area contributed by atoms with Crippen LogP contribution in [-0.4, -0.2) is 20.6 Å². The summed E-state index contributed by atoms with van der Waals surface area (Å²) in [5.74, 6) is -2.92. The zero-order valence-corrected chi connectivity index (χ0v) is 12.2. The van der Waals surface area contributed by atoms with Crippen LogP contribution < -0.4 is 5.56 Å². The second-order valence-corrected chi connectivity index (χ2v) is 6.13. The van der Waals surface area contributed by atoms with E-state index in [0.717, 1.165) is 15.5 Å². The molecule has 0 bridgehead atoms. The quantitative estimate of drug-likeness (QED) is 0.561. The van der Waals surface area contributed by atoms with Crippen LogP contribution in [0.15, 0.2) is 51.1 Å². The number of fused-ring (bicyclic) bond motifs is 2. The minimum Gasteiger partial charge on any atom is -0.504 e. The van der Waals surface area contributed by atoms with Gasteiger partial charge in [-0.25, -0.2) is 9.18 Å². The van der Waals surface area contributed by atoms with Crippen LogP contribution in [0.4, 0.5) is 4.39 Å². The summed E-state index contributed by atoms with van der Waals surface area (Å²) in [5.41, 5.74) is -0.176. The van der Waals surface area contributed by atoms with Gasteiger partial charge in [-0.2, -0.15) is 0 Å². The molecule has 0 saturated heterocycles. The predicted octanol–water partition coefficient (Wildman–Crippen LogP) is 2.97. The van der Waals surface area contributed by atoms with E-state index >= 15 is 0 Å². The van der Waals surface area contributed by atoms with Crippen LogP contribution in [0.25, 0.3) is 16.6 Å². The molecule has 1 aliphatic heterocycles. The zero-order valence-electron chi connectivity index (χ0n) is 11.4. The van der Waals surface area contributed by atoms with E-state index in [1.165, 1.54) is 17.8 Å². The summed E-state index contributed by atoms with van der Waals surface area (Å²) >= 11 is 1.27. The summed E-state index contributed by atoms with van der Waals surface area (Å²) in [6.45, 7) is 0. The van der Waals surface area contributed by atoms with E-state index in [2.05, 4.69) is 0 Å². The third-order valence-electron chi connectivity index (χ3n) is 3.75. The molecule has 2 aromatic heterocycles. The first-order chi connectivity index (χ1) is 11.0. The maximum Gasteiger partial charge on any atom is 0.341 e. The number of pyridine rings is 2. The molecule has 1 aromatic carbocycles. The number of benzene rings is 1. The van der Waals surface area contributed by atoms with Gasteiger partial charge in [0, 0.05) is 15.4 Å². The minimum atomic E-state index is -1.38. The fraction of sp³-hybridized carbons (Fsp3) is 0. The second kappa shape index (κ2) is 4.60. The Kier molecular flexibility index (Phi) is 2.76. The van der Waals surface area contributed by atoms with Gasteiger partial charge in [-0.15, -0.1) is 0 Å². The van der Waals surface area contributed by atoms with E-state index in [4.69, 9.17) is 0 Å². The molecule has 1 aliphatic rings. The van der Waals surface area contributed by atoms with Gasteiger partial charge in [-0.05, 0) is 12.1 Å². The lowest BCUT2D eigenvalue weighted by Gasteiger charge is -2.21. The van der Waals surface area contributed by atoms with Crippen molar-refractivity contribution in [1.29, 1.82) is 0 Å². The van der Waals surface area contributed by atoms with Crippen LogP contribution >= 0.6 is 11.8 Å². The zero-order chi connectivity index (χ0) is 16.3. The summed E-state index contributed by atoms with van der Waals surface area (Å²) in [7, 11) is 0. The summed E-state index contributed by atoms with van der Waals surface area (Å²) in [6, 6.07) is 8.30. The fourth-order valence-electron chi connectivity index (χ4n) is 2.75. The molecule has 4 rings (SSSR count). The normalized spacial score (nSPS) is 12.2. The van der Waals surface area contributed by atoms with Crippen molar-refractivity contribution in [2.24, 2.45) is 0 Å². The van der Waals surface area contributed by atoms with Gasteiger partial charge >= 0.3 is 5.97 Å². The van der Waals surface area contributed by atoms with Crippen molar-refractivity contribution < 1.29 is 19.4 Å². The molecule has 0 unspecified atom stereocenters. The van der Waals surface area contributed by atoms with Crippen molar-refractivity contribution in [3.63, 3.8) is 0 Å². The number of carboxylic acid groups (broad SMARTS) is 1. The van der Waals surface area contributed by atoms with E-state index in [0.29, 0.717) is 16.0 Å². The van der Waals surface area contributed by atoms with Crippen LogP contribution in [0, 0.1) is 5.82 Å². The Morgan fingerprint density at radius 2 is 1.96 bits per heavy atom. The first-order valence-electron chi connectivity index (χ1n) is 6.60. The summed E-state index contributed by atoms with van der Waals surface area (Å²) in [5, 5.41) is 19.3. The van der Waals surface area contributed by atoms with Gasteiger partial charge in [-0.3, -0.25) is 9.20 Å². The lowest BCUT2D eigenvalue weighted by atomic mass is 10.0. The van der Waals surface area contributed by atoms with Crippen molar-refractivity contribution in [1.82, 2.24) is 4.40 Å². The Hall–Kier alpha value is -2.80. The highest BCUT2D eigenvalue weighted by Crippen LogP contribution is 2.49. The van der Waals surface area contributed by atoms with E-state index in [1.54, 1.807) is 24.3 Å². The minimum absolute atomic E-state index is 0.198. The van der Waals surface area contributed by atoms with E-state index in [-0.39, 0.29) is 5.56 Å². The Morgan fingerprint density at radius 1 is 1.22 bits per heavy atom. The molecular weight excluding hydrogens is 321 g/mol. The van der Waals surface area contributed by atoms with Crippen LogP contribution in [0.5, 0.6) is 5.75 Å². The molecule has 2 N–H and O–H groups in total. The molecule has 0 fully saturated rings. The monoisotopic (exact) mass is 329 g/mol. The van der Waals surface area contributed by atoms with Crippen LogP contribution in [0.3, 0.4) is 0 Å². The van der Waals surface area contributed by atoms with Gasteiger partial charge in [-0.1, -0.05) is 30.0 Å². The predicted molar refractivity (Wildman–Crippen MR) is 81.8 cm³/mol. The average Bonchev–Trinajstić information content (AvgIpc) is 2.53. The van der Waals surface area contributed by atoms with E-state index < -0.39 is 28.7 Å². The van der Waals surface area contributed by atoms with Crippen molar-refractivity contribution in [3.05, 3.63) is 58.3 Å². The number of nitrogens with zero attached hydrogens (tertiary/aromatic N) is 1. The molecule has 0 aliphatic carbocycles. The number of aromatic hydroxyl groups is 1. The van der Waals surface area contributed by atoms with Crippen LogP contribution in [0.2, 0.25) is 0 Å². The number of rotatable bonds is 1. The first-order valence-corrected chi connectivity index (χ1v) is 7.42. The topological polar surface area (TPSA) is 79.0 Å². The highest BCUT2D eigenvalue weighted by atomic mass is 32.2. The third kappa shape index (κ3) is 1.80. The summed E-state index contributed by atoms with van der Waals surface area (Å²) in [6.07, 6.45) is 0.820. The standard InChI is InChI=1S/C16H8FNO4S/c17-9-6-18-13-11(5-8(15(18)20)16(21)22)23-10-4-2-1-3-7(10)12(13)14(9)19/h1-6,19H,(H,21,22). The van der Waals surface area contributed by atoms with Crippen molar-refractivity contribution in [2.75, 3.05) is 0 Å². The highest BCUT2D eigenvalue weighted by Gasteiger charge is 2.27. The van der Waals surface area contributed by atoms with Gasteiger partial charge in [0.1, 0.15) is 5.56 Å². The number of halogens is 1. The number of aromatic nitrogens is 1. The Balaban J connectivity index is 2.28. The summed E-state index contributed by atoms with van der Waals surface area (Å²) in [4.78, 5) is 24.8. The molecular formula is C16H8FNO4S. The van der Waals surface area contributed by atoms with Gasteiger partial charge < -0.3 is 10.2 Å². The molecule has 0 radical (unpaired) electrons. The molecule has 0 spiro atoms. The number of carbonyl (C=O) groups is 1. The maximum absolute atomic E-state index is 14.1.